The Morgan fingerprint density at radius 2 is 2.15 bits per heavy atom. The fourth-order valence-electron chi connectivity index (χ4n) is 1.60. The van der Waals surface area contributed by atoms with Crippen molar-refractivity contribution < 1.29 is 22.8 Å². The molecule has 0 aliphatic carbocycles. The zero-order valence-corrected chi connectivity index (χ0v) is 11.1. The number of rotatable bonds is 6. The molecule has 20 heavy (non-hydrogen) atoms. The van der Waals surface area contributed by atoms with Crippen molar-refractivity contribution in [3.8, 4) is 0 Å². The number of thiophene rings is 1. The highest BCUT2D eigenvalue weighted by Gasteiger charge is 2.37. The molecule has 9 heteroatoms. The lowest BCUT2D eigenvalue weighted by molar-refractivity contribution is -0.146. The topological polar surface area (TPSA) is 62.4 Å². The van der Waals surface area contributed by atoms with Gasteiger partial charge in [-0.3, -0.25) is 4.90 Å². The summed E-state index contributed by atoms with van der Waals surface area (Å²) < 4.78 is 41.7. The molecule has 2 heterocycles. The van der Waals surface area contributed by atoms with Gasteiger partial charge in [0.25, 0.3) is 5.82 Å². The zero-order valence-electron chi connectivity index (χ0n) is 10.3. The molecule has 2 aromatic rings. The average Bonchev–Trinajstić information content (AvgIpc) is 2.99. The first-order chi connectivity index (χ1) is 9.49. The molecule has 0 amide bonds. The Hall–Kier alpha value is -1.45. The molecule has 0 bridgehead atoms. The summed E-state index contributed by atoms with van der Waals surface area (Å²) in [7, 11) is 0. The van der Waals surface area contributed by atoms with E-state index in [1.54, 1.807) is 4.90 Å². The van der Waals surface area contributed by atoms with Crippen LogP contribution in [0.3, 0.4) is 0 Å². The second-order valence-electron chi connectivity index (χ2n) is 4.02. The molecule has 1 N–H and O–H groups in total. The van der Waals surface area contributed by atoms with Gasteiger partial charge in [0.05, 0.1) is 13.2 Å². The van der Waals surface area contributed by atoms with Crippen LogP contribution in [0.5, 0.6) is 0 Å². The molecule has 0 aliphatic heterocycles. The first-order valence-corrected chi connectivity index (χ1v) is 6.62. The quantitative estimate of drug-likeness (QED) is 0.886. The van der Waals surface area contributed by atoms with Crippen LogP contribution in [0.25, 0.3) is 0 Å². The van der Waals surface area contributed by atoms with Crippen LogP contribution in [0, 0.1) is 0 Å². The molecule has 0 spiro atoms. The van der Waals surface area contributed by atoms with Crippen molar-refractivity contribution in [2.24, 2.45) is 0 Å². The molecule has 0 aliphatic rings. The normalized spacial score (nSPS) is 12.2. The van der Waals surface area contributed by atoms with E-state index in [0.29, 0.717) is 13.1 Å². The van der Waals surface area contributed by atoms with E-state index in [0.717, 1.165) is 4.88 Å². The molecule has 110 valence electrons. The molecule has 2 aromatic heterocycles. The number of hydrogen-bond donors (Lipinski definition) is 1. The number of alkyl halides is 3. The Balaban J connectivity index is 2.02. The van der Waals surface area contributed by atoms with Gasteiger partial charge < -0.3 is 9.63 Å². The number of aromatic nitrogens is 2. The minimum atomic E-state index is -4.61. The zero-order chi connectivity index (χ0) is 14.6. The SMILES string of the molecule is OCCN(Cc1nc(C(F)(F)F)no1)Cc1cccs1. The summed E-state index contributed by atoms with van der Waals surface area (Å²) in [6.45, 7) is 0.761. The van der Waals surface area contributed by atoms with Crippen molar-refractivity contribution in [2.45, 2.75) is 19.3 Å². The Bertz CT molecular complexity index is 527. The van der Waals surface area contributed by atoms with E-state index < -0.39 is 12.0 Å². The highest BCUT2D eigenvalue weighted by atomic mass is 32.1. The Kier molecular flexibility index (Phi) is 4.73. The minimum absolute atomic E-state index is 0.0571. The van der Waals surface area contributed by atoms with Crippen LogP contribution in [-0.4, -0.2) is 33.3 Å². The number of aliphatic hydroxyl groups is 1. The van der Waals surface area contributed by atoms with E-state index in [4.69, 9.17) is 5.11 Å². The molecule has 0 atom stereocenters. The van der Waals surface area contributed by atoms with E-state index in [-0.39, 0.29) is 19.0 Å². The molecule has 5 nitrogen and oxygen atoms in total. The first-order valence-electron chi connectivity index (χ1n) is 5.74. The number of hydrogen-bond acceptors (Lipinski definition) is 6. The molecule has 2 rings (SSSR count). The molecular formula is C11H12F3N3O2S. The van der Waals surface area contributed by atoms with Crippen LogP contribution in [-0.2, 0) is 19.3 Å². The second-order valence-corrected chi connectivity index (χ2v) is 5.06. The number of aliphatic hydroxyl groups excluding tert-OH is 1. The lowest BCUT2D eigenvalue weighted by atomic mass is 10.4. The highest BCUT2D eigenvalue weighted by molar-refractivity contribution is 7.09. The van der Waals surface area contributed by atoms with Crippen LogP contribution in [0.1, 0.15) is 16.6 Å². The molecule has 0 saturated carbocycles. The van der Waals surface area contributed by atoms with Crippen LogP contribution < -0.4 is 0 Å². The molecule has 0 unspecified atom stereocenters. The summed E-state index contributed by atoms with van der Waals surface area (Å²) in [6, 6.07) is 3.79. The largest absolute Gasteiger partial charge is 0.455 e. The van der Waals surface area contributed by atoms with Gasteiger partial charge in [-0.1, -0.05) is 11.2 Å². The van der Waals surface area contributed by atoms with Crippen molar-refractivity contribution in [3.05, 3.63) is 34.1 Å². The Morgan fingerprint density at radius 3 is 2.70 bits per heavy atom. The van der Waals surface area contributed by atoms with Crippen LogP contribution in [0.2, 0.25) is 0 Å². The third-order valence-corrected chi connectivity index (χ3v) is 3.32. The van der Waals surface area contributed by atoms with Gasteiger partial charge in [0.1, 0.15) is 0 Å². The van der Waals surface area contributed by atoms with Crippen molar-refractivity contribution >= 4 is 11.3 Å². The summed E-state index contributed by atoms with van der Waals surface area (Å²) in [4.78, 5) is 6.08. The van der Waals surface area contributed by atoms with Gasteiger partial charge in [0, 0.05) is 18.0 Å². The fraction of sp³-hybridized carbons (Fsp3) is 0.455. The summed E-state index contributed by atoms with van der Waals surface area (Å²) in [5, 5.41) is 13.8. The molecular weight excluding hydrogens is 295 g/mol. The summed E-state index contributed by atoms with van der Waals surface area (Å²) in [5.41, 5.74) is 0. The lowest BCUT2D eigenvalue weighted by Crippen LogP contribution is -2.26. The molecule has 0 fully saturated rings. The van der Waals surface area contributed by atoms with E-state index in [9.17, 15) is 13.2 Å². The monoisotopic (exact) mass is 307 g/mol. The standard InChI is InChI=1S/C11H12F3N3O2S/c12-11(13,14)10-15-9(19-16-10)7-17(3-4-18)6-8-2-1-5-20-8/h1-2,5,18H,3-4,6-7H2. The van der Waals surface area contributed by atoms with Gasteiger partial charge in [-0.05, 0) is 11.4 Å². The third-order valence-electron chi connectivity index (χ3n) is 2.46. The summed E-state index contributed by atoms with van der Waals surface area (Å²) >= 11 is 1.53. The predicted molar refractivity (Wildman–Crippen MR) is 64.8 cm³/mol. The van der Waals surface area contributed by atoms with Gasteiger partial charge in [-0.2, -0.15) is 18.2 Å². The van der Waals surface area contributed by atoms with Gasteiger partial charge >= 0.3 is 6.18 Å². The lowest BCUT2D eigenvalue weighted by Gasteiger charge is -2.18. The van der Waals surface area contributed by atoms with Gasteiger partial charge in [0.2, 0.25) is 5.89 Å². The van der Waals surface area contributed by atoms with Crippen molar-refractivity contribution in [3.63, 3.8) is 0 Å². The third kappa shape index (κ3) is 4.02. The van der Waals surface area contributed by atoms with Gasteiger partial charge in [-0.15, -0.1) is 11.3 Å². The Morgan fingerprint density at radius 1 is 1.35 bits per heavy atom. The van der Waals surface area contributed by atoms with Crippen molar-refractivity contribution in [1.82, 2.24) is 15.0 Å². The van der Waals surface area contributed by atoms with E-state index in [2.05, 4.69) is 14.7 Å². The summed E-state index contributed by atoms with van der Waals surface area (Å²) in [5.74, 6) is -1.41. The van der Waals surface area contributed by atoms with Gasteiger partial charge in [-0.25, -0.2) is 0 Å². The van der Waals surface area contributed by atoms with E-state index in [1.165, 1.54) is 11.3 Å². The van der Waals surface area contributed by atoms with Crippen LogP contribution in [0.4, 0.5) is 13.2 Å². The average molecular weight is 307 g/mol. The second kappa shape index (κ2) is 6.33. The maximum Gasteiger partial charge on any atom is 0.455 e. The van der Waals surface area contributed by atoms with Crippen molar-refractivity contribution in [2.75, 3.05) is 13.2 Å². The number of nitrogens with zero attached hydrogens (tertiary/aromatic N) is 3. The molecule has 0 radical (unpaired) electrons. The predicted octanol–water partition coefficient (Wildman–Crippen LogP) is 2.14. The maximum absolute atomic E-state index is 12.4. The van der Waals surface area contributed by atoms with E-state index >= 15 is 0 Å². The summed E-state index contributed by atoms with van der Waals surface area (Å²) in [6.07, 6.45) is -4.61. The van der Waals surface area contributed by atoms with Crippen molar-refractivity contribution in [1.29, 1.82) is 0 Å². The first kappa shape index (κ1) is 14.9. The van der Waals surface area contributed by atoms with E-state index in [1.807, 2.05) is 17.5 Å². The molecule has 0 saturated heterocycles. The van der Waals surface area contributed by atoms with Crippen LogP contribution in [0.15, 0.2) is 22.0 Å². The smallest absolute Gasteiger partial charge is 0.395 e. The Labute approximate surface area is 116 Å². The molecule has 0 aromatic carbocycles. The maximum atomic E-state index is 12.4. The minimum Gasteiger partial charge on any atom is -0.395 e. The van der Waals surface area contributed by atoms with Gasteiger partial charge in [0.15, 0.2) is 0 Å². The number of halogens is 3. The highest BCUT2D eigenvalue weighted by Crippen LogP contribution is 2.26. The van der Waals surface area contributed by atoms with Crippen LogP contribution >= 0.6 is 11.3 Å². The fourth-order valence-corrected chi connectivity index (χ4v) is 2.35.